The van der Waals surface area contributed by atoms with Crippen LogP contribution in [0.5, 0.6) is 0 Å². The number of aromatic nitrogens is 2. The molecule has 0 fully saturated rings. The molecule has 4 rings (SSSR count). The number of carboxylic acids is 1. The van der Waals surface area contributed by atoms with Crippen LogP contribution in [0.2, 0.25) is 0 Å². The zero-order valence-electron chi connectivity index (χ0n) is 16.9. The first kappa shape index (κ1) is 18.5. The Morgan fingerprint density at radius 1 is 0.929 bits per heavy atom. The number of hydrogen-bond acceptors (Lipinski definition) is 2. The highest BCUT2D eigenvalue weighted by molar-refractivity contribution is 5.87. The van der Waals surface area contributed by atoms with Crippen molar-refractivity contribution in [3.05, 3.63) is 71.5 Å². The minimum absolute atomic E-state index is 0.170. The number of fused-ring (bicyclic) bond motifs is 1. The van der Waals surface area contributed by atoms with Crippen LogP contribution in [-0.2, 0) is 10.8 Å². The van der Waals surface area contributed by atoms with Crippen LogP contribution in [0.4, 0.5) is 0 Å². The van der Waals surface area contributed by atoms with Gasteiger partial charge in [0.2, 0.25) is 0 Å². The Bertz CT molecular complexity index is 1040. The van der Waals surface area contributed by atoms with E-state index in [1.807, 2.05) is 12.4 Å². The van der Waals surface area contributed by atoms with Gasteiger partial charge in [0.15, 0.2) is 0 Å². The van der Waals surface area contributed by atoms with Crippen molar-refractivity contribution in [3.63, 3.8) is 0 Å². The van der Waals surface area contributed by atoms with Crippen LogP contribution in [-0.4, -0.2) is 20.9 Å². The number of rotatable bonds is 3. The molecule has 0 spiro atoms. The Balaban J connectivity index is 1.71. The van der Waals surface area contributed by atoms with Crippen LogP contribution in [0, 0.1) is 0 Å². The van der Waals surface area contributed by atoms with E-state index in [4.69, 9.17) is 5.11 Å². The molecule has 2 aromatic carbocycles. The van der Waals surface area contributed by atoms with E-state index in [-0.39, 0.29) is 16.4 Å². The maximum atomic E-state index is 11.0. The molecule has 1 N–H and O–H groups in total. The predicted octanol–water partition coefficient (Wildman–Crippen LogP) is 5.59. The summed E-state index contributed by atoms with van der Waals surface area (Å²) in [6, 6.07) is 13.6. The highest BCUT2D eigenvalue weighted by atomic mass is 16.4. The van der Waals surface area contributed by atoms with Crippen LogP contribution >= 0.6 is 0 Å². The monoisotopic (exact) mass is 374 g/mol. The van der Waals surface area contributed by atoms with Gasteiger partial charge in [-0.2, -0.15) is 5.10 Å². The maximum Gasteiger partial charge on any atom is 0.335 e. The third-order valence-corrected chi connectivity index (χ3v) is 6.15. The first-order valence-corrected chi connectivity index (χ1v) is 9.71. The summed E-state index contributed by atoms with van der Waals surface area (Å²) < 4.78 is 1.79. The fourth-order valence-corrected chi connectivity index (χ4v) is 4.14. The van der Waals surface area contributed by atoms with Gasteiger partial charge >= 0.3 is 5.97 Å². The molecule has 1 aliphatic rings. The SMILES string of the molecule is CC1(C)CCC(C)(C)c2cc(-c3cnn(-c4ccc(C(=O)O)cc4)c3)ccc21. The van der Waals surface area contributed by atoms with Gasteiger partial charge in [0.25, 0.3) is 0 Å². The molecule has 0 radical (unpaired) electrons. The lowest BCUT2D eigenvalue weighted by Gasteiger charge is -2.42. The van der Waals surface area contributed by atoms with Crippen molar-refractivity contribution >= 4 is 5.97 Å². The Morgan fingerprint density at radius 2 is 1.57 bits per heavy atom. The molecule has 0 unspecified atom stereocenters. The highest BCUT2D eigenvalue weighted by Crippen LogP contribution is 2.46. The molecular formula is C24H26N2O2. The molecule has 0 saturated carbocycles. The summed E-state index contributed by atoms with van der Waals surface area (Å²) in [4.78, 5) is 11.0. The average Bonchev–Trinajstić information content (AvgIpc) is 3.15. The minimum atomic E-state index is -0.924. The van der Waals surface area contributed by atoms with Gasteiger partial charge in [-0.15, -0.1) is 0 Å². The molecule has 144 valence electrons. The van der Waals surface area contributed by atoms with Crippen LogP contribution < -0.4 is 0 Å². The van der Waals surface area contributed by atoms with E-state index in [2.05, 4.69) is 51.0 Å². The molecule has 1 aliphatic carbocycles. The summed E-state index contributed by atoms with van der Waals surface area (Å²) in [5.74, 6) is -0.924. The largest absolute Gasteiger partial charge is 0.478 e. The Labute approximate surface area is 165 Å². The fraction of sp³-hybridized carbons (Fsp3) is 0.333. The first-order valence-electron chi connectivity index (χ1n) is 9.71. The second kappa shape index (κ2) is 6.33. The van der Waals surface area contributed by atoms with E-state index in [1.165, 1.54) is 24.0 Å². The second-order valence-electron chi connectivity index (χ2n) is 9.05. The summed E-state index contributed by atoms with van der Waals surface area (Å²) in [6.45, 7) is 9.33. The zero-order chi connectivity index (χ0) is 20.1. The van der Waals surface area contributed by atoms with E-state index in [0.717, 1.165) is 16.8 Å². The molecule has 28 heavy (non-hydrogen) atoms. The van der Waals surface area contributed by atoms with E-state index in [9.17, 15) is 4.79 Å². The van der Waals surface area contributed by atoms with Crippen LogP contribution in [0.1, 0.15) is 62.0 Å². The summed E-state index contributed by atoms with van der Waals surface area (Å²) in [7, 11) is 0. The molecule has 4 heteroatoms. The smallest absolute Gasteiger partial charge is 0.335 e. The van der Waals surface area contributed by atoms with Crippen LogP contribution in [0.15, 0.2) is 54.9 Å². The van der Waals surface area contributed by atoms with Gasteiger partial charge < -0.3 is 5.11 Å². The minimum Gasteiger partial charge on any atom is -0.478 e. The van der Waals surface area contributed by atoms with E-state index in [1.54, 1.807) is 28.9 Å². The summed E-state index contributed by atoms with van der Waals surface area (Å²) in [5, 5.41) is 13.5. The van der Waals surface area contributed by atoms with Gasteiger partial charge in [0.05, 0.1) is 17.4 Å². The summed E-state index contributed by atoms with van der Waals surface area (Å²) in [5.41, 5.74) is 6.60. The standard InChI is InChI=1S/C24H26N2O2/c1-23(2)11-12-24(3,4)21-13-17(7-10-20(21)23)18-14-25-26(15-18)19-8-5-16(6-9-19)22(27)28/h5-10,13-15H,11-12H2,1-4H3,(H,27,28). The third-order valence-electron chi connectivity index (χ3n) is 6.15. The number of nitrogens with zero attached hydrogens (tertiary/aromatic N) is 2. The number of carbonyl (C=O) groups is 1. The Morgan fingerprint density at radius 3 is 2.21 bits per heavy atom. The molecule has 3 aromatic rings. The topological polar surface area (TPSA) is 55.1 Å². The predicted molar refractivity (Wildman–Crippen MR) is 111 cm³/mol. The van der Waals surface area contributed by atoms with E-state index < -0.39 is 5.97 Å². The average molecular weight is 374 g/mol. The molecule has 0 atom stereocenters. The Hall–Kier alpha value is -2.88. The van der Waals surface area contributed by atoms with Gasteiger partial charge in [-0.1, -0.05) is 45.9 Å². The lowest BCUT2D eigenvalue weighted by atomic mass is 9.63. The van der Waals surface area contributed by atoms with Crippen LogP contribution in [0.3, 0.4) is 0 Å². The summed E-state index contributed by atoms with van der Waals surface area (Å²) >= 11 is 0. The fourth-order valence-electron chi connectivity index (χ4n) is 4.14. The second-order valence-corrected chi connectivity index (χ2v) is 9.05. The number of carboxylic acid groups (broad SMARTS) is 1. The van der Waals surface area contributed by atoms with Crippen molar-refractivity contribution in [2.45, 2.75) is 51.4 Å². The lowest BCUT2D eigenvalue weighted by molar-refractivity contribution is 0.0697. The van der Waals surface area contributed by atoms with Gasteiger partial charge in [0.1, 0.15) is 0 Å². The maximum absolute atomic E-state index is 11.0. The van der Waals surface area contributed by atoms with Gasteiger partial charge in [0, 0.05) is 11.8 Å². The highest BCUT2D eigenvalue weighted by Gasteiger charge is 2.37. The van der Waals surface area contributed by atoms with Crippen molar-refractivity contribution in [2.75, 3.05) is 0 Å². The van der Waals surface area contributed by atoms with Crippen molar-refractivity contribution in [1.82, 2.24) is 9.78 Å². The van der Waals surface area contributed by atoms with Gasteiger partial charge in [-0.25, -0.2) is 9.48 Å². The normalized spacial score (nSPS) is 17.1. The van der Waals surface area contributed by atoms with Crippen molar-refractivity contribution in [3.8, 4) is 16.8 Å². The number of aromatic carboxylic acids is 1. The van der Waals surface area contributed by atoms with E-state index in [0.29, 0.717) is 0 Å². The molecule has 0 bridgehead atoms. The molecule has 1 aromatic heterocycles. The Kier molecular flexibility index (Phi) is 4.18. The van der Waals surface area contributed by atoms with E-state index >= 15 is 0 Å². The molecule has 0 saturated heterocycles. The van der Waals surface area contributed by atoms with Crippen molar-refractivity contribution < 1.29 is 9.90 Å². The van der Waals surface area contributed by atoms with Gasteiger partial charge in [-0.3, -0.25) is 0 Å². The molecule has 4 nitrogen and oxygen atoms in total. The summed E-state index contributed by atoms with van der Waals surface area (Å²) in [6.07, 6.45) is 6.26. The lowest BCUT2D eigenvalue weighted by Crippen LogP contribution is -2.33. The molecule has 0 aliphatic heterocycles. The zero-order valence-corrected chi connectivity index (χ0v) is 16.9. The first-order chi connectivity index (χ1) is 13.2. The van der Waals surface area contributed by atoms with Gasteiger partial charge in [-0.05, 0) is 64.6 Å². The number of benzene rings is 2. The quantitative estimate of drug-likeness (QED) is 0.650. The molecule has 1 heterocycles. The molecule has 0 amide bonds. The number of hydrogen-bond donors (Lipinski definition) is 1. The molecular weight excluding hydrogens is 348 g/mol. The third kappa shape index (κ3) is 3.13. The van der Waals surface area contributed by atoms with Crippen molar-refractivity contribution in [1.29, 1.82) is 0 Å². The van der Waals surface area contributed by atoms with Crippen LogP contribution in [0.25, 0.3) is 16.8 Å². The van der Waals surface area contributed by atoms with Crippen molar-refractivity contribution in [2.24, 2.45) is 0 Å².